The van der Waals surface area contributed by atoms with Gasteiger partial charge in [-0.05, 0) is 24.1 Å². The predicted octanol–water partition coefficient (Wildman–Crippen LogP) is 4.22. The molecule has 2 N–H and O–H groups in total. The quantitative estimate of drug-likeness (QED) is 0.577. The third-order valence-corrected chi connectivity index (χ3v) is 4.90. The van der Waals surface area contributed by atoms with Crippen LogP contribution in [0.25, 0.3) is 10.9 Å². The smallest absolute Gasteiger partial charge is 0.267 e. The summed E-state index contributed by atoms with van der Waals surface area (Å²) in [5.74, 6) is -0.810. The lowest BCUT2D eigenvalue weighted by Gasteiger charge is -2.15. The molecule has 3 aromatic rings. The van der Waals surface area contributed by atoms with E-state index in [2.05, 4.69) is 12.2 Å². The molecular weight excluding hydrogens is 352 g/mol. The first-order valence-corrected chi connectivity index (χ1v) is 9.80. The molecule has 28 heavy (non-hydrogen) atoms. The van der Waals surface area contributed by atoms with Crippen molar-refractivity contribution in [3.63, 3.8) is 0 Å². The number of hydrogen-bond acceptors (Lipinski definition) is 3. The molecule has 0 aliphatic rings. The van der Waals surface area contributed by atoms with Gasteiger partial charge in [-0.3, -0.25) is 9.59 Å². The summed E-state index contributed by atoms with van der Waals surface area (Å²) in [7, 11) is 0. The number of nitrogens with one attached hydrogen (secondary N) is 1. The van der Waals surface area contributed by atoms with E-state index in [1.165, 1.54) is 0 Å². The van der Waals surface area contributed by atoms with E-state index < -0.39 is 11.5 Å². The maximum Gasteiger partial charge on any atom is 0.267 e. The van der Waals surface area contributed by atoms with Crippen molar-refractivity contribution in [3.05, 3.63) is 76.1 Å². The first-order chi connectivity index (χ1) is 13.6. The summed E-state index contributed by atoms with van der Waals surface area (Å²) in [6.45, 7) is 2.96. The Morgan fingerprint density at radius 2 is 1.71 bits per heavy atom. The van der Waals surface area contributed by atoms with Crippen molar-refractivity contribution in [1.29, 1.82) is 0 Å². The number of aromatic nitrogens is 1. The highest BCUT2D eigenvalue weighted by Crippen LogP contribution is 2.26. The summed E-state index contributed by atoms with van der Waals surface area (Å²) in [5.41, 5.74) is 0.945. The van der Waals surface area contributed by atoms with Crippen LogP contribution in [0, 0.1) is 0 Å². The summed E-state index contributed by atoms with van der Waals surface area (Å²) in [6, 6.07) is 16.6. The summed E-state index contributed by atoms with van der Waals surface area (Å²) < 4.78 is 1.61. The molecule has 0 spiro atoms. The molecule has 0 saturated carbocycles. The maximum atomic E-state index is 13.1. The van der Waals surface area contributed by atoms with Crippen LogP contribution in [0.4, 0.5) is 0 Å². The van der Waals surface area contributed by atoms with Gasteiger partial charge in [0.15, 0.2) is 0 Å². The molecule has 3 rings (SSSR count). The van der Waals surface area contributed by atoms with Gasteiger partial charge in [-0.25, -0.2) is 0 Å². The fourth-order valence-electron chi connectivity index (χ4n) is 3.38. The van der Waals surface area contributed by atoms with Gasteiger partial charge in [0, 0.05) is 18.5 Å². The topological polar surface area (TPSA) is 71.3 Å². The van der Waals surface area contributed by atoms with Crippen LogP contribution >= 0.6 is 0 Å². The first-order valence-electron chi connectivity index (χ1n) is 9.80. The van der Waals surface area contributed by atoms with Crippen LogP contribution in [-0.4, -0.2) is 15.6 Å². The number of benzene rings is 2. The second-order valence-corrected chi connectivity index (χ2v) is 6.93. The number of fused-ring (bicyclic) bond motifs is 1. The lowest BCUT2D eigenvalue weighted by molar-refractivity contribution is 0.0946. The molecule has 5 heteroatoms. The molecule has 0 radical (unpaired) electrons. The highest BCUT2D eigenvalue weighted by Gasteiger charge is 2.21. The Kier molecular flexibility index (Phi) is 6.48. The Labute approximate surface area is 164 Å². The van der Waals surface area contributed by atoms with Gasteiger partial charge in [0.05, 0.1) is 5.52 Å². The van der Waals surface area contributed by atoms with Gasteiger partial charge in [0.1, 0.15) is 11.3 Å². The van der Waals surface area contributed by atoms with Gasteiger partial charge in [0.2, 0.25) is 0 Å². The van der Waals surface area contributed by atoms with Gasteiger partial charge in [-0.1, -0.05) is 68.7 Å². The van der Waals surface area contributed by atoms with Gasteiger partial charge in [-0.15, -0.1) is 0 Å². The molecule has 5 nitrogen and oxygen atoms in total. The number of unbranched alkanes of at least 4 members (excludes halogenated alkanes) is 3. The van der Waals surface area contributed by atoms with Crippen molar-refractivity contribution in [3.8, 4) is 5.75 Å². The Morgan fingerprint density at radius 1 is 1.00 bits per heavy atom. The molecule has 0 fully saturated rings. The molecule has 0 saturated heterocycles. The van der Waals surface area contributed by atoms with Gasteiger partial charge in [-0.2, -0.15) is 0 Å². The molecular formula is C23H26N2O3. The largest absolute Gasteiger partial charge is 0.506 e. The average Bonchev–Trinajstić information content (AvgIpc) is 2.72. The van der Waals surface area contributed by atoms with E-state index >= 15 is 0 Å². The van der Waals surface area contributed by atoms with Crippen LogP contribution in [0.5, 0.6) is 5.75 Å². The van der Waals surface area contributed by atoms with Gasteiger partial charge < -0.3 is 15.0 Å². The van der Waals surface area contributed by atoms with E-state index in [0.717, 1.165) is 31.2 Å². The van der Waals surface area contributed by atoms with E-state index in [-0.39, 0.29) is 11.3 Å². The van der Waals surface area contributed by atoms with Crippen LogP contribution in [0.15, 0.2) is 59.4 Å². The number of amides is 1. The van der Waals surface area contributed by atoms with E-state index in [1.54, 1.807) is 16.7 Å². The number of para-hydroxylation sites is 1. The molecule has 0 atom stereocenters. The Hall–Kier alpha value is -3.08. The lowest BCUT2D eigenvalue weighted by atomic mass is 10.1. The molecule has 0 unspecified atom stereocenters. The first kappa shape index (κ1) is 19.7. The normalized spacial score (nSPS) is 10.9. The number of carbonyl (C=O) groups is 1. The van der Waals surface area contributed by atoms with Crippen molar-refractivity contribution < 1.29 is 9.90 Å². The van der Waals surface area contributed by atoms with E-state index in [0.29, 0.717) is 24.0 Å². The van der Waals surface area contributed by atoms with Crippen molar-refractivity contribution in [2.45, 2.75) is 45.7 Å². The SMILES string of the molecule is CCCCCCn1c(=O)c(C(=O)NCc2ccccc2)c(O)c2ccccc21. The lowest BCUT2D eigenvalue weighted by Crippen LogP contribution is -2.33. The Morgan fingerprint density at radius 3 is 2.46 bits per heavy atom. The number of nitrogens with zero attached hydrogens (tertiary/aromatic N) is 1. The second-order valence-electron chi connectivity index (χ2n) is 6.93. The molecule has 0 aliphatic heterocycles. The van der Waals surface area contributed by atoms with Crippen LogP contribution < -0.4 is 10.9 Å². The van der Waals surface area contributed by atoms with Crippen molar-refractivity contribution in [1.82, 2.24) is 9.88 Å². The minimum Gasteiger partial charge on any atom is -0.506 e. The van der Waals surface area contributed by atoms with Crippen LogP contribution in [-0.2, 0) is 13.1 Å². The zero-order chi connectivity index (χ0) is 19.9. The number of hydrogen-bond donors (Lipinski definition) is 2. The zero-order valence-corrected chi connectivity index (χ0v) is 16.1. The van der Waals surface area contributed by atoms with Gasteiger partial charge >= 0.3 is 0 Å². The number of aromatic hydroxyl groups is 1. The number of aryl methyl sites for hydroxylation is 1. The minimum atomic E-state index is -0.556. The molecule has 1 aromatic heterocycles. The summed E-state index contributed by atoms with van der Waals surface area (Å²) >= 11 is 0. The summed E-state index contributed by atoms with van der Waals surface area (Å²) in [5, 5.41) is 13.9. The van der Waals surface area contributed by atoms with Gasteiger partial charge in [0.25, 0.3) is 11.5 Å². The Balaban J connectivity index is 1.94. The van der Waals surface area contributed by atoms with E-state index in [1.807, 2.05) is 42.5 Å². The van der Waals surface area contributed by atoms with Crippen LogP contribution in [0.3, 0.4) is 0 Å². The zero-order valence-electron chi connectivity index (χ0n) is 16.1. The third-order valence-electron chi connectivity index (χ3n) is 4.90. The van der Waals surface area contributed by atoms with E-state index in [9.17, 15) is 14.7 Å². The predicted molar refractivity (Wildman–Crippen MR) is 112 cm³/mol. The number of pyridine rings is 1. The fraction of sp³-hybridized carbons (Fsp3) is 0.304. The second kappa shape index (κ2) is 9.22. The molecule has 0 bridgehead atoms. The average molecular weight is 378 g/mol. The fourth-order valence-corrected chi connectivity index (χ4v) is 3.38. The number of carbonyl (C=O) groups excluding carboxylic acids is 1. The highest BCUT2D eigenvalue weighted by molar-refractivity contribution is 6.02. The monoisotopic (exact) mass is 378 g/mol. The van der Waals surface area contributed by atoms with Crippen molar-refractivity contribution in [2.75, 3.05) is 0 Å². The number of rotatable bonds is 8. The van der Waals surface area contributed by atoms with Crippen LogP contribution in [0.1, 0.15) is 48.5 Å². The molecule has 2 aromatic carbocycles. The molecule has 1 heterocycles. The summed E-state index contributed by atoms with van der Waals surface area (Å²) in [4.78, 5) is 25.8. The minimum absolute atomic E-state index is 0.190. The summed E-state index contributed by atoms with van der Waals surface area (Å²) in [6.07, 6.45) is 4.09. The standard InChI is InChI=1S/C23H26N2O3/c1-2-3-4-10-15-25-19-14-9-8-13-18(19)21(26)20(23(25)28)22(27)24-16-17-11-6-5-7-12-17/h5-9,11-14,26H,2-4,10,15-16H2,1H3,(H,24,27). The maximum absolute atomic E-state index is 13.1. The van der Waals surface area contributed by atoms with Crippen LogP contribution in [0.2, 0.25) is 0 Å². The molecule has 0 aliphatic carbocycles. The van der Waals surface area contributed by atoms with E-state index in [4.69, 9.17) is 0 Å². The molecule has 1 amide bonds. The Bertz CT molecular complexity index is 1010. The van der Waals surface area contributed by atoms with Crippen molar-refractivity contribution >= 4 is 16.8 Å². The van der Waals surface area contributed by atoms with Crippen molar-refractivity contribution in [2.24, 2.45) is 0 Å². The molecule has 146 valence electrons. The highest BCUT2D eigenvalue weighted by atomic mass is 16.3. The third kappa shape index (κ3) is 4.25.